The van der Waals surface area contributed by atoms with Crippen LogP contribution in [0.5, 0.6) is 5.75 Å². The molecule has 2 aromatic carbocycles. The number of ether oxygens (including phenoxy) is 3. The molecule has 266 valence electrons. The van der Waals surface area contributed by atoms with Gasteiger partial charge in [0.2, 0.25) is 9.84 Å². The van der Waals surface area contributed by atoms with Crippen LogP contribution in [-0.2, 0) is 35.4 Å². The van der Waals surface area contributed by atoms with E-state index in [9.17, 15) is 18.0 Å². The second kappa shape index (κ2) is 15.4. The maximum absolute atomic E-state index is 14.4. The fraction of sp³-hybridized carbons (Fsp3) is 0.368. The molecule has 2 heterocycles. The van der Waals surface area contributed by atoms with Gasteiger partial charge in [-0.25, -0.2) is 23.2 Å². The molecular formula is C38H46N4O7S. The number of rotatable bonds is 12. The summed E-state index contributed by atoms with van der Waals surface area (Å²) in [6.07, 6.45) is 1.20. The van der Waals surface area contributed by atoms with Crippen molar-refractivity contribution in [1.29, 1.82) is 0 Å². The second-order valence-corrected chi connectivity index (χ2v) is 16.0. The quantitative estimate of drug-likeness (QED) is 0.155. The number of carbonyl (C=O) groups is 2. The predicted octanol–water partition coefficient (Wildman–Crippen LogP) is 6.84. The van der Waals surface area contributed by atoms with Crippen molar-refractivity contribution in [1.82, 2.24) is 9.97 Å². The van der Waals surface area contributed by atoms with E-state index in [1.807, 2.05) is 55.5 Å². The summed E-state index contributed by atoms with van der Waals surface area (Å²) in [7, 11) is -4.41. The lowest BCUT2D eigenvalue weighted by molar-refractivity contribution is -0.153. The topological polar surface area (TPSA) is 151 Å². The Balaban J connectivity index is 1.78. The van der Waals surface area contributed by atoms with Gasteiger partial charge < -0.3 is 19.9 Å². The zero-order valence-electron chi connectivity index (χ0n) is 29.7. The highest BCUT2D eigenvalue weighted by Crippen LogP contribution is 2.35. The van der Waals surface area contributed by atoms with E-state index in [4.69, 9.17) is 19.9 Å². The molecule has 2 aromatic heterocycles. The summed E-state index contributed by atoms with van der Waals surface area (Å²) in [4.78, 5) is 33.9. The third kappa shape index (κ3) is 9.66. The zero-order chi connectivity index (χ0) is 36.7. The Labute approximate surface area is 294 Å². The lowest BCUT2D eigenvalue weighted by Gasteiger charge is -2.31. The number of nitrogens with zero attached hydrogens (tertiary/aromatic N) is 3. The van der Waals surface area contributed by atoms with Crippen molar-refractivity contribution in [3.8, 4) is 16.9 Å². The summed E-state index contributed by atoms with van der Waals surface area (Å²) < 4.78 is 45.6. The van der Waals surface area contributed by atoms with Crippen LogP contribution in [-0.4, -0.2) is 54.8 Å². The molecule has 0 saturated carbocycles. The Hall–Kier alpha value is -4.81. The summed E-state index contributed by atoms with van der Waals surface area (Å²) in [6, 6.07) is 24.1. The molecule has 12 heteroatoms. The molecule has 1 amide bonds. The number of benzene rings is 2. The maximum atomic E-state index is 14.4. The average molecular weight is 703 g/mol. The van der Waals surface area contributed by atoms with Crippen LogP contribution in [0.15, 0.2) is 96.2 Å². The van der Waals surface area contributed by atoms with E-state index in [0.29, 0.717) is 12.2 Å². The summed E-state index contributed by atoms with van der Waals surface area (Å²) in [5.74, 6) is 0.00122. The van der Waals surface area contributed by atoms with E-state index in [1.165, 1.54) is 30.5 Å². The first-order chi connectivity index (χ1) is 23.4. The van der Waals surface area contributed by atoms with Gasteiger partial charge in [-0.15, -0.1) is 0 Å². The molecule has 0 bridgehead atoms. The predicted molar refractivity (Wildman–Crippen MR) is 192 cm³/mol. The van der Waals surface area contributed by atoms with Crippen molar-refractivity contribution < 1.29 is 32.2 Å². The molecule has 4 aromatic rings. The van der Waals surface area contributed by atoms with Crippen LogP contribution in [0.3, 0.4) is 0 Å². The minimum atomic E-state index is -4.41. The number of esters is 1. The van der Waals surface area contributed by atoms with E-state index < -0.39 is 44.5 Å². The van der Waals surface area contributed by atoms with Gasteiger partial charge in [-0.3, -0.25) is 9.69 Å². The Bertz CT molecular complexity index is 1890. The molecule has 4 rings (SSSR count). The number of aromatic nitrogens is 2. The number of nitrogens with two attached hydrogens (primary N) is 1. The smallest absolute Gasteiger partial charge is 0.416 e. The van der Waals surface area contributed by atoms with Gasteiger partial charge in [0.05, 0.1) is 12.3 Å². The van der Waals surface area contributed by atoms with Gasteiger partial charge >= 0.3 is 12.1 Å². The Morgan fingerprint density at radius 1 is 0.820 bits per heavy atom. The highest BCUT2D eigenvalue weighted by molar-refractivity contribution is 7.92. The summed E-state index contributed by atoms with van der Waals surface area (Å²) in [6.45, 7) is 12.3. The van der Waals surface area contributed by atoms with Gasteiger partial charge in [-0.05, 0) is 101 Å². The van der Waals surface area contributed by atoms with Crippen molar-refractivity contribution in [3.63, 3.8) is 0 Å². The minimum Gasteiger partial charge on any atom is -0.494 e. The number of anilines is 1. The maximum Gasteiger partial charge on any atom is 0.416 e. The number of sulfone groups is 1. The van der Waals surface area contributed by atoms with Gasteiger partial charge in [-0.1, -0.05) is 55.5 Å². The van der Waals surface area contributed by atoms with E-state index in [0.717, 1.165) is 28.2 Å². The van der Waals surface area contributed by atoms with Gasteiger partial charge in [0.1, 0.15) is 29.3 Å². The Morgan fingerprint density at radius 3 is 2.12 bits per heavy atom. The molecule has 50 heavy (non-hydrogen) atoms. The first-order valence-corrected chi connectivity index (χ1v) is 17.9. The number of hydrogen-bond acceptors (Lipinski definition) is 10. The van der Waals surface area contributed by atoms with Crippen LogP contribution < -0.4 is 15.4 Å². The van der Waals surface area contributed by atoms with Gasteiger partial charge in [0, 0.05) is 12.6 Å². The van der Waals surface area contributed by atoms with Gasteiger partial charge in [-0.2, -0.15) is 0 Å². The van der Waals surface area contributed by atoms with Crippen molar-refractivity contribution >= 4 is 27.7 Å². The van der Waals surface area contributed by atoms with E-state index in [1.54, 1.807) is 53.7 Å². The largest absolute Gasteiger partial charge is 0.494 e. The van der Waals surface area contributed by atoms with Crippen LogP contribution in [0, 0.1) is 0 Å². The molecule has 0 aliphatic carbocycles. The molecule has 0 radical (unpaired) electrons. The molecule has 0 aliphatic heterocycles. The highest BCUT2D eigenvalue weighted by Gasteiger charge is 2.45. The zero-order valence-corrected chi connectivity index (χ0v) is 30.5. The van der Waals surface area contributed by atoms with Crippen LogP contribution in [0.2, 0.25) is 0 Å². The third-order valence-corrected chi connectivity index (χ3v) is 9.32. The lowest BCUT2D eigenvalue weighted by atomic mass is 9.99. The van der Waals surface area contributed by atoms with Crippen LogP contribution in [0.1, 0.15) is 66.1 Å². The Kier molecular flexibility index (Phi) is 11.7. The summed E-state index contributed by atoms with van der Waals surface area (Å²) in [5, 5.41) is -0.243. The first-order valence-electron chi connectivity index (χ1n) is 16.4. The number of hydrogen-bond donors (Lipinski definition) is 1. The minimum absolute atomic E-state index is 0.0471. The average Bonchev–Trinajstić information content (AvgIpc) is 3.05. The molecule has 1 unspecified atom stereocenters. The molecule has 2 N–H and O–H groups in total. The fourth-order valence-corrected chi connectivity index (χ4v) is 6.56. The molecule has 0 spiro atoms. The third-order valence-electron chi connectivity index (χ3n) is 7.22. The van der Waals surface area contributed by atoms with Crippen molar-refractivity contribution in [3.05, 3.63) is 102 Å². The number of carbonyl (C=O) groups excluding carboxylic acids is 2. The number of pyridine rings is 2. The Morgan fingerprint density at radius 2 is 1.50 bits per heavy atom. The molecule has 0 saturated heterocycles. The van der Waals surface area contributed by atoms with Crippen LogP contribution >= 0.6 is 0 Å². The van der Waals surface area contributed by atoms with Crippen LogP contribution in [0.25, 0.3) is 11.1 Å². The highest BCUT2D eigenvalue weighted by atomic mass is 32.2. The van der Waals surface area contributed by atoms with Gasteiger partial charge in [0.15, 0.2) is 9.90 Å². The fourth-order valence-electron chi connectivity index (χ4n) is 4.99. The molecule has 11 nitrogen and oxygen atoms in total. The second-order valence-electron chi connectivity index (χ2n) is 13.8. The molecule has 0 fully saturated rings. The van der Waals surface area contributed by atoms with Crippen molar-refractivity contribution in [2.75, 3.05) is 18.1 Å². The molecule has 1 atom stereocenters. The van der Waals surface area contributed by atoms with E-state index in [-0.39, 0.29) is 23.0 Å². The molecular weight excluding hydrogens is 657 g/mol. The van der Waals surface area contributed by atoms with Crippen molar-refractivity contribution in [2.24, 2.45) is 5.73 Å². The van der Waals surface area contributed by atoms with Crippen LogP contribution in [0.4, 0.5) is 10.6 Å². The van der Waals surface area contributed by atoms with E-state index in [2.05, 4.69) is 9.97 Å². The lowest BCUT2D eigenvalue weighted by Crippen LogP contribution is -2.48. The molecule has 0 aliphatic rings. The monoisotopic (exact) mass is 702 g/mol. The van der Waals surface area contributed by atoms with Gasteiger partial charge in [0.25, 0.3) is 0 Å². The standard InChI is InChI=1S/C38H46N4O7S/c1-8-23-47-30-14-11-13-29(24-30)28-20-18-27(19-21-28)25-38(39,50(45,46)33-17-9-10-22-40-33)31-15-12-16-32(41-31)42(35(44)49-37(5,6)7)26-34(43)48-36(2,3)4/h9-22,24H,8,23,25-26,39H2,1-7H3. The van der Waals surface area contributed by atoms with Crippen molar-refractivity contribution in [2.45, 2.75) is 82.4 Å². The SMILES string of the molecule is CCCOc1cccc(-c2ccc(CC(N)(c3cccc(N(CC(=O)OC(C)(C)C)C(=O)OC(C)(C)C)n3)S(=O)(=O)c3ccccn3)cc2)c1. The first kappa shape index (κ1) is 38.0. The van der Waals surface area contributed by atoms with E-state index >= 15 is 0 Å². The summed E-state index contributed by atoms with van der Waals surface area (Å²) in [5.41, 5.74) is 7.63. The normalized spacial score (nSPS) is 13.2. The number of amides is 1. The summed E-state index contributed by atoms with van der Waals surface area (Å²) >= 11 is 0.